The number of carbonyl (C=O) groups excluding carboxylic acids is 1. The van der Waals surface area contributed by atoms with Crippen molar-refractivity contribution in [2.45, 2.75) is 6.61 Å². The highest BCUT2D eigenvalue weighted by molar-refractivity contribution is 7.86. The third-order valence-corrected chi connectivity index (χ3v) is 3.06. The standard InChI is InChI=1S/C13H13NO5S.CH5N3/c1-20(17,18)19-13(16)10-4-5-11(9-15)12(8-10)14-6-2-3-7-14;2-1(3)4/h2-8,15H,9H2,1H3;(H5,2,3,4). The highest BCUT2D eigenvalue weighted by Crippen LogP contribution is 2.18. The fourth-order valence-corrected chi connectivity index (χ4v) is 2.12. The van der Waals surface area contributed by atoms with Gasteiger partial charge in [-0.15, -0.1) is 0 Å². The molecular weight excluding hydrogens is 336 g/mol. The van der Waals surface area contributed by atoms with Gasteiger partial charge >= 0.3 is 16.1 Å². The van der Waals surface area contributed by atoms with Gasteiger partial charge in [-0.05, 0) is 24.3 Å². The van der Waals surface area contributed by atoms with Gasteiger partial charge in [-0.2, -0.15) is 8.42 Å². The lowest BCUT2D eigenvalue weighted by Gasteiger charge is -2.10. The van der Waals surface area contributed by atoms with E-state index in [2.05, 4.69) is 15.7 Å². The van der Waals surface area contributed by atoms with Crippen LogP contribution in [0.15, 0.2) is 42.7 Å². The molecule has 0 aliphatic heterocycles. The zero-order valence-corrected chi connectivity index (χ0v) is 13.7. The predicted octanol–water partition coefficient (Wildman–Crippen LogP) is -0.0754. The van der Waals surface area contributed by atoms with Gasteiger partial charge in [-0.3, -0.25) is 5.41 Å². The summed E-state index contributed by atoms with van der Waals surface area (Å²) in [5.41, 5.74) is 10.2. The minimum Gasteiger partial charge on any atom is -0.392 e. The molecule has 0 fully saturated rings. The third-order valence-electron chi connectivity index (χ3n) is 2.60. The van der Waals surface area contributed by atoms with Crippen LogP contribution in [0.4, 0.5) is 0 Å². The minimum absolute atomic E-state index is 0.0938. The summed E-state index contributed by atoms with van der Waals surface area (Å²) >= 11 is 0. The van der Waals surface area contributed by atoms with Crippen molar-refractivity contribution in [3.8, 4) is 5.69 Å². The number of aliphatic hydroxyl groups is 1. The second-order valence-electron chi connectivity index (χ2n) is 4.62. The van der Waals surface area contributed by atoms with Crippen LogP contribution in [0.1, 0.15) is 15.9 Å². The highest BCUT2D eigenvalue weighted by Gasteiger charge is 2.15. The van der Waals surface area contributed by atoms with Gasteiger partial charge in [0.1, 0.15) is 0 Å². The summed E-state index contributed by atoms with van der Waals surface area (Å²) in [5.74, 6) is -1.29. The Hall–Kier alpha value is -2.85. The first-order valence-corrected chi connectivity index (χ1v) is 8.36. The highest BCUT2D eigenvalue weighted by atomic mass is 32.2. The first kappa shape index (κ1) is 19.2. The molecule has 1 heterocycles. The number of aliphatic hydroxyl groups excluding tert-OH is 1. The van der Waals surface area contributed by atoms with E-state index in [9.17, 15) is 18.3 Å². The van der Waals surface area contributed by atoms with E-state index in [1.807, 2.05) is 0 Å². The van der Waals surface area contributed by atoms with E-state index in [0.717, 1.165) is 6.26 Å². The molecule has 10 heteroatoms. The third kappa shape index (κ3) is 6.10. The second-order valence-corrected chi connectivity index (χ2v) is 6.20. The van der Waals surface area contributed by atoms with Crippen molar-refractivity contribution < 1.29 is 22.5 Å². The Labute approximate surface area is 139 Å². The summed E-state index contributed by atoms with van der Waals surface area (Å²) in [4.78, 5) is 11.7. The molecule has 2 rings (SSSR count). The van der Waals surface area contributed by atoms with Crippen LogP contribution >= 0.6 is 0 Å². The molecule has 0 saturated heterocycles. The molecule has 0 spiro atoms. The van der Waals surface area contributed by atoms with Crippen molar-refractivity contribution in [1.29, 1.82) is 5.41 Å². The number of hydrogen-bond donors (Lipinski definition) is 4. The number of carbonyl (C=O) groups is 1. The lowest BCUT2D eigenvalue weighted by molar-refractivity contribution is 0.0748. The Bertz CT molecular complexity index is 812. The molecule has 9 nitrogen and oxygen atoms in total. The number of guanidine groups is 1. The average molecular weight is 354 g/mol. The van der Waals surface area contributed by atoms with Crippen molar-refractivity contribution in [2.24, 2.45) is 11.5 Å². The molecule has 1 aromatic carbocycles. The number of aromatic nitrogens is 1. The average Bonchev–Trinajstić information content (AvgIpc) is 2.98. The maximum absolute atomic E-state index is 11.7. The van der Waals surface area contributed by atoms with Gasteiger partial charge in [0.25, 0.3) is 0 Å². The molecule has 6 N–H and O–H groups in total. The lowest BCUT2D eigenvalue weighted by Crippen LogP contribution is -2.20. The lowest BCUT2D eigenvalue weighted by atomic mass is 10.1. The summed E-state index contributed by atoms with van der Waals surface area (Å²) in [6.07, 6.45) is 4.31. The van der Waals surface area contributed by atoms with Crippen LogP contribution in [0.25, 0.3) is 5.69 Å². The van der Waals surface area contributed by atoms with Gasteiger partial charge in [0.15, 0.2) is 5.96 Å². The topological polar surface area (TPSA) is 161 Å². The summed E-state index contributed by atoms with van der Waals surface area (Å²) in [6.45, 7) is -0.199. The quantitative estimate of drug-likeness (QED) is 0.339. The van der Waals surface area contributed by atoms with Gasteiger partial charge in [-0.1, -0.05) is 6.07 Å². The van der Waals surface area contributed by atoms with E-state index in [1.165, 1.54) is 12.1 Å². The zero-order valence-electron chi connectivity index (χ0n) is 12.8. The fraction of sp³-hybridized carbons (Fsp3) is 0.143. The van der Waals surface area contributed by atoms with Crippen LogP contribution in [0.2, 0.25) is 0 Å². The monoisotopic (exact) mass is 354 g/mol. The Morgan fingerprint density at radius 1 is 1.29 bits per heavy atom. The molecule has 130 valence electrons. The van der Waals surface area contributed by atoms with E-state index in [0.29, 0.717) is 11.3 Å². The van der Waals surface area contributed by atoms with Gasteiger partial charge in [0, 0.05) is 18.0 Å². The summed E-state index contributed by atoms with van der Waals surface area (Å²) < 4.78 is 28.0. The number of nitrogens with two attached hydrogens (primary N) is 2. The Kier molecular flexibility index (Phi) is 6.50. The molecule has 1 aromatic heterocycles. The van der Waals surface area contributed by atoms with Gasteiger partial charge in [-0.25, -0.2) is 4.79 Å². The molecule has 0 aliphatic rings. The molecule has 0 bridgehead atoms. The first-order valence-electron chi connectivity index (χ1n) is 6.54. The molecule has 0 aliphatic carbocycles. The minimum atomic E-state index is -3.86. The number of nitrogens with one attached hydrogen (secondary N) is 1. The van der Waals surface area contributed by atoms with E-state index >= 15 is 0 Å². The Morgan fingerprint density at radius 2 is 1.83 bits per heavy atom. The molecule has 0 amide bonds. The van der Waals surface area contributed by atoms with Crippen molar-refractivity contribution in [3.05, 3.63) is 53.9 Å². The maximum atomic E-state index is 11.7. The van der Waals surface area contributed by atoms with Crippen molar-refractivity contribution in [1.82, 2.24) is 4.57 Å². The second kappa shape index (κ2) is 8.13. The van der Waals surface area contributed by atoms with Crippen LogP contribution in [0.5, 0.6) is 0 Å². The predicted molar refractivity (Wildman–Crippen MR) is 88.1 cm³/mol. The number of hydrogen-bond acceptors (Lipinski definition) is 6. The Morgan fingerprint density at radius 3 is 2.29 bits per heavy atom. The van der Waals surface area contributed by atoms with E-state index in [4.69, 9.17) is 5.41 Å². The van der Waals surface area contributed by atoms with Crippen LogP contribution in [-0.4, -0.2) is 36.3 Å². The molecule has 24 heavy (non-hydrogen) atoms. The molecule has 2 aromatic rings. The van der Waals surface area contributed by atoms with E-state index < -0.39 is 16.1 Å². The van der Waals surface area contributed by atoms with Crippen molar-refractivity contribution in [3.63, 3.8) is 0 Å². The first-order chi connectivity index (χ1) is 11.1. The smallest absolute Gasteiger partial charge is 0.353 e. The van der Waals surface area contributed by atoms with Crippen molar-refractivity contribution in [2.75, 3.05) is 6.26 Å². The van der Waals surface area contributed by atoms with Gasteiger partial charge in [0.05, 0.1) is 24.1 Å². The summed E-state index contributed by atoms with van der Waals surface area (Å²) in [7, 11) is -3.86. The largest absolute Gasteiger partial charge is 0.392 e. The molecule has 0 atom stereocenters. The number of nitrogens with zero attached hydrogens (tertiary/aromatic N) is 1. The van der Waals surface area contributed by atoms with Gasteiger partial charge < -0.3 is 25.3 Å². The fourth-order valence-electron chi connectivity index (χ4n) is 1.75. The molecule has 0 radical (unpaired) electrons. The summed E-state index contributed by atoms with van der Waals surface area (Å²) in [5, 5.41) is 15.4. The maximum Gasteiger partial charge on any atom is 0.353 e. The van der Waals surface area contributed by atoms with Crippen LogP contribution in [0, 0.1) is 5.41 Å². The van der Waals surface area contributed by atoms with Crippen LogP contribution in [0.3, 0.4) is 0 Å². The summed E-state index contributed by atoms with van der Waals surface area (Å²) in [6, 6.07) is 8.02. The molecule has 0 unspecified atom stereocenters. The van der Waals surface area contributed by atoms with Gasteiger partial charge in [0.2, 0.25) is 0 Å². The Balaban J connectivity index is 0.000000648. The van der Waals surface area contributed by atoms with Crippen LogP contribution < -0.4 is 11.5 Å². The van der Waals surface area contributed by atoms with Crippen LogP contribution in [-0.2, 0) is 20.9 Å². The molecule has 0 saturated carbocycles. The number of benzene rings is 1. The van der Waals surface area contributed by atoms with Crippen molar-refractivity contribution >= 4 is 22.0 Å². The van der Waals surface area contributed by atoms with E-state index in [1.54, 1.807) is 35.2 Å². The molecular formula is C14H18N4O5S. The number of rotatable bonds is 4. The SMILES string of the molecule is CS(=O)(=O)OC(=O)c1ccc(CO)c(-n2cccc2)c1.N=C(N)N. The zero-order chi connectivity index (χ0) is 18.3. The normalized spacial score (nSPS) is 10.4. The van der Waals surface area contributed by atoms with E-state index in [-0.39, 0.29) is 18.1 Å².